The van der Waals surface area contributed by atoms with Crippen molar-refractivity contribution in [2.24, 2.45) is 0 Å². The Hall–Kier alpha value is -14.8. The van der Waals surface area contributed by atoms with Crippen molar-refractivity contribution in [3.05, 3.63) is 299 Å². The van der Waals surface area contributed by atoms with Gasteiger partial charge in [-0.15, -0.1) is 0 Å². The minimum absolute atomic E-state index is 0.0164. The Morgan fingerprint density at radius 1 is 0.430 bits per heavy atom. The van der Waals surface area contributed by atoms with Gasteiger partial charge < -0.3 is 42.5 Å². The Kier molecular flexibility index (Phi) is 32.4. The molecule has 34 nitrogen and oxygen atoms in total. The quantitative estimate of drug-likeness (QED) is 0.0275. The van der Waals surface area contributed by atoms with Crippen molar-refractivity contribution in [3.8, 4) is 35.4 Å². The number of rotatable bonds is 19. The number of aryl methyl sites for hydroxylation is 4. The normalized spacial score (nSPS) is 10.6. The highest BCUT2D eigenvalue weighted by Gasteiger charge is 2.38. The van der Waals surface area contributed by atoms with E-state index in [1.54, 1.807) is 109 Å². The third-order valence-corrected chi connectivity index (χ3v) is 19.2. The van der Waals surface area contributed by atoms with Crippen LogP contribution in [0.1, 0.15) is 146 Å². The SMILES string of the molecule is [C-]#[N+]c1cc(C)c(NC(=O)c2cc(Br)nn2-c2ncccc2Cl)c(C(=O)NC(C)C)c1.[C-]#[N+]c1cc(C)c(NC(=O)c2cc(Br)nn2-c2ncccc2Cl)c(C(=O)NCC#N)c1.[C-]#[N+]c1cc(C)c(NC(=O)c2cc(C(F)(F)F)nn2-c2ncccc2Cl)c(C(=O)NC(C)(C)C)c1.[C-]#[N+]c1cc(C)c(NC(=O)c2cc(Cl)nn2-c2ncccc2Cl)c(C(=O)NCC#N)c1. The van der Waals surface area contributed by atoms with Crippen molar-refractivity contribution in [2.75, 3.05) is 34.4 Å². The molecule has 0 saturated carbocycles. The fraction of sp³-hybridized carbons (Fsp3) is 0.167. The number of alkyl halides is 3. The van der Waals surface area contributed by atoms with E-state index >= 15 is 0 Å². The smallest absolute Gasteiger partial charge is 0.350 e. The molecule has 128 heavy (non-hydrogen) atoms. The Morgan fingerprint density at radius 2 is 0.719 bits per heavy atom. The fourth-order valence-corrected chi connectivity index (χ4v) is 13.3. The summed E-state index contributed by atoms with van der Waals surface area (Å²) in [4.78, 5) is 133. The summed E-state index contributed by atoms with van der Waals surface area (Å²) in [5, 5.41) is 55.4. The van der Waals surface area contributed by atoms with Crippen molar-refractivity contribution in [3.63, 3.8) is 0 Å². The lowest BCUT2D eigenvalue weighted by atomic mass is 10.0. The van der Waals surface area contributed by atoms with Gasteiger partial charge in [0.1, 0.15) is 45.1 Å². The summed E-state index contributed by atoms with van der Waals surface area (Å²) in [6, 6.07) is 32.7. The minimum atomic E-state index is -4.84. The number of halogens is 10. The maximum absolute atomic E-state index is 13.4. The van der Waals surface area contributed by atoms with Gasteiger partial charge in [0.2, 0.25) is 0 Å². The molecule has 8 N–H and O–H groups in total. The molecule has 0 aliphatic carbocycles. The van der Waals surface area contributed by atoms with Gasteiger partial charge in [0.15, 0.2) is 56.9 Å². The summed E-state index contributed by atoms with van der Waals surface area (Å²) in [6.45, 7) is 44.1. The van der Waals surface area contributed by atoms with Crippen LogP contribution in [0.25, 0.3) is 42.7 Å². The van der Waals surface area contributed by atoms with Gasteiger partial charge in [-0.3, -0.25) is 38.4 Å². The second-order valence-electron chi connectivity index (χ2n) is 27.9. The Labute approximate surface area is 768 Å². The van der Waals surface area contributed by atoms with Gasteiger partial charge in [-0.05, 0) is 189 Å². The molecule has 0 fully saturated rings. The highest BCUT2D eigenvalue weighted by Crippen LogP contribution is 2.37. The van der Waals surface area contributed by atoms with Gasteiger partial charge in [0, 0.05) is 60.6 Å². The number of aromatic nitrogens is 12. The molecule has 0 aliphatic heterocycles. The Bertz CT molecular complexity index is 6510. The van der Waals surface area contributed by atoms with E-state index in [0.717, 1.165) is 0 Å². The van der Waals surface area contributed by atoms with Crippen molar-refractivity contribution in [1.29, 1.82) is 10.5 Å². The zero-order valence-electron chi connectivity index (χ0n) is 67.9. The van der Waals surface area contributed by atoms with Crippen LogP contribution in [0.2, 0.25) is 25.2 Å². The molecule has 44 heteroatoms. The summed E-state index contributed by atoms with van der Waals surface area (Å²) in [5.74, 6) is -4.30. The lowest BCUT2D eigenvalue weighted by Gasteiger charge is -2.22. The highest BCUT2D eigenvalue weighted by atomic mass is 79.9. The van der Waals surface area contributed by atoms with Crippen molar-refractivity contribution < 1.29 is 51.5 Å². The molecular formula is C84H64Br2Cl5F3N26O8. The van der Waals surface area contributed by atoms with Gasteiger partial charge in [-0.25, -0.2) is 58.0 Å². The number of nitrogens with zero attached hydrogens (tertiary/aromatic N) is 18. The average Bonchev–Trinajstić information content (AvgIpc) is 1.61. The van der Waals surface area contributed by atoms with Crippen LogP contribution in [0.3, 0.4) is 0 Å². The fourth-order valence-electron chi connectivity index (χ4n) is 11.6. The average molecular weight is 1960 g/mol. The maximum Gasteiger partial charge on any atom is 0.435 e. The summed E-state index contributed by atoms with van der Waals surface area (Å²) in [7, 11) is 0. The van der Waals surface area contributed by atoms with Crippen molar-refractivity contribution >= 4 is 183 Å². The van der Waals surface area contributed by atoms with Crippen LogP contribution in [0.15, 0.2) is 155 Å². The molecule has 8 amide bonds. The van der Waals surface area contributed by atoms with Crippen LogP contribution in [-0.4, -0.2) is 131 Å². The van der Waals surface area contributed by atoms with Crippen LogP contribution >= 0.6 is 89.9 Å². The third-order valence-electron chi connectivity index (χ3n) is 17.0. The van der Waals surface area contributed by atoms with Gasteiger partial charge in [-0.2, -0.15) is 44.1 Å². The second kappa shape index (κ2) is 42.7. The second-order valence-corrected chi connectivity index (χ2v) is 31.5. The number of anilines is 4. The number of pyridine rings is 4. The number of nitrogens with one attached hydrogen (secondary N) is 8. The summed E-state index contributed by atoms with van der Waals surface area (Å²) in [6.07, 6.45) is 0.999. The molecule has 0 aliphatic rings. The van der Waals surface area contributed by atoms with Gasteiger partial charge in [-0.1, -0.05) is 82.3 Å². The molecule has 0 saturated heterocycles. The van der Waals surface area contributed by atoms with Crippen molar-refractivity contribution in [2.45, 2.75) is 80.1 Å². The van der Waals surface area contributed by atoms with Crippen LogP contribution < -0.4 is 42.5 Å². The van der Waals surface area contributed by atoms with E-state index in [1.807, 2.05) is 19.9 Å². The van der Waals surface area contributed by atoms with E-state index in [4.69, 9.17) is 94.8 Å². The zero-order chi connectivity index (χ0) is 93.9. The first-order valence-electron chi connectivity index (χ1n) is 36.8. The molecule has 12 rings (SSSR count). The molecule has 0 bridgehead atoms. The van der Waals surface area contributed by atoms with Crippen molar-refractivity contribution in [1.82, 2.24) is 80.3 Å². The van der Waals surface area contributed by atoms with Gasteiger partial charge >= 0.3 is 6.18 Å². The number of nitriles is 2. The number of carbonyl (C=O) groups is 8. The molecule has 0 unspecified atom stereocenters. The maximum atomic E-state index is 13.4. The number of amides is 8. The summed E-state index contributed by atoms with van der Waals surface area (Å²) >= 11 is 37.2. The molecule has 12 aromatic rings. The van der Waals surface area contributed by atoms with E-state index < -0.39 is 64.5 Å². The molecule has 8 aromatic heterocycles. The lowest BCUT2D eigenvalue weighted by molar-refractivity contribution is -0.141. The van der Waals surface area contributed by atoms with Gasteiger partial charge in [0.25, 0.3) is 47.3 Å². The van der Waals surface area contributed by atoms with Gasteiger partial charge in [0.05, 0.1) is 104 Å². The lowest BCUT2D eigenvalue weighted by Crippen LogP contribution is -2.41. The summed E-state index contributed by atoms with van der Waals surface area (Å²) in [5.41, 5.74) is 1.73. The summed E-state index contributed by atoms with van der Waals surface area (Å²) < 4.78 is 45.5. The standard InChI is InChI=1S/C23H20ClF3N6O2.C21H18BrClN6O2.C20H13BrClN7O2.C20H13Cl2N7O2/c1-12-9-13(28-5)10-14(20(34)31-22(2,3)4)18(12)30-21(35)16-11-17(23(25,26)27)32-33(16)19-15(24)7-6-8-29-19;1-11(2)26-20(30)14-9-13(24-4)8-12(3)18(14)27-21(31)16-10-17(22)28-29(16)19-15(23)6-5-7-25-19;1-11-8-12(24-2)9-13(19(30)26-7-5-23)17(11)27-20(31)15-10-16(21)28-29(15)18-14(22)4-3-6-25-18;1-11-8-12(24-2)9-13(19(30)26-7-5-23)17(11)27-20(31)15-10-16(22)28-29(15)18-14(21)4-3-6-25-18/h6-11H,1-4H3,(H,30,35)(H,31,34);5-11H,1-3H3,(H,26,30)(H,27,31);2*3-4,6,8-10H,7H2,1H3,(H,26,30)(H,27,31). The Morgan fingerprint density at radius 3 is 1.01 bits per heavy atom. The monoisotopic (exact) mass is 1950 g/mol. The number of hydrogen-bond acceptors (Lipinski definition) is 18. The molecule has 0 atom stereocenters. The largest absolute Gasteiger partial charge is 0.435 e. The zero-order valence-corrected chi connectivity index (χ0v) is 74.9. The van der Waals surface area contributed by atoms with Crippen LogP contribution in [0, 0.1) is 76.6 Å². The molecule has 0 radical (unpaired) electrons. The molecule has 4 aromatic carbocycles. The van der Waals surface area contributed by atoms with E-state index in [-0.39, 0.29) is 137 Å². The number of carbonyl (C=O) groups excluding carboxylic acids is 8. The molecule has 0 spiro atoms. The first-order chi connectivity index (χ1) is 60.6. The number of hydrogen-bond donors (Lipinski definition) is 8. The predicted octanol–water partition coefficient (Wildman–Crippen LogP) is 18.5. The third kappa shape index (κ3) is 24.2. The van der Waals surface area contributed by atoms with Crippen LogP contribution in [-0.2, 0) is 6.18 Å². The molecule has 648 valence electrons. The number of benzene rings is 4. The first kappa shape index (κ1) is 97.0. The van der Waals surface area contributed by atoms with E-state index in [2.05, 4.69) is 134 Å². The molecule has 8 heterocycles. The van der Waals surface area contributed by atoms with Crippen LogP contribution in [0.4, 0.5) is 58.7 Å². The van der Waals surface area contributed by atoms with E-state index in [9.17, 15) is 51.5 Å². The first-order valence-corrected chi connectivity index (χ1v) is 40.3. The van der Waals surface area contributed by atoms with E-state index in [0.29, 0.717) is 63.6 Å². The minimum Gasteiger partial charge on any atom is -0.350 e. The van der Waals surface area contributed by atoms with Crippen LogP contribution in [0.5, 0.6) is 0 Å². The molecular weight excluding hydrogens is 1900 g/mol. The topological polar surface area (TPSA) is 421 Å². The predicted molar refractivity (Wildman–Crippen MR) is 478 cm³/mol. The van der Waals surface area contributed by atoms with E-state index in [1.165, 1.54) is 99.4 Å². The Balaban J connectivity index is 0.000000193. The highest BCUT2D eigenvalue weighted by molar-refractivity contribution is 9.10.